The number of rotatable bonds is 10. The van der Waals surface area contributed by atoms with Gasteiger partial charge in [0.1, 0.15) is 24.7 Å². The molecule has 3 aliphatic heterocycles. The molecular formula is C39H69N9O6Si2. The molecule has 0 saturated carbocycles. The molecular weight excluding hydrogens is 747 g/mol. The number of aromatic amines is 1. The monoisotopic (exact) mass is 815 g/mol. The summed E-state index contributed by atoms with van der Waals surface area (Å²) in [5.41, 5.74) is 7.95. The summed E-state index contributed by atoms with van der Waals surface area (Å²) in [6, 6.07) is 2.31. The first-order valence-electron chi connectivity index (χ1n) is 19.8. The fourth-order valence-corrected chi connectivity index (χ4v) is 7.49. The molecule has 314 valence electrons. The van der Waals surface area contributed by atoms with Crippen molar-refractivity contribution >= 4 is 28.3 Å². The standard InChI is InChI=1S/C17H31N3O3Si.C16H29N3O3Si.C6H9N3/c1-13-14-10-19(16(21)23-17(2,3)4)11-15(14)18-20(13)12-22-8-9-24(5,6)7;1-16(2,3)22-15(20)18-9-13-10-19(17-14(13)11-18)12-21-7-8-23(4,5)6;1-4-5-2-7-3-6(5)9-8-4/h8-12H2,1-7H3;10H,7-9,11-12H2,1-6H3;7H,2-3H2,1H3,(H,8,9). The normalized spacial score (nSPS) is 15.1. The Labute approximate surface area is 336 Å². The van der Waals surface area contributed by atoms with Gasteiger partial charge in [-0.25, -0.2) is 19.0 Å². The zero-order valence-electron chi connectivity index (χ0n) is 36.6. The van der Waals surface area contributed by atoms with E-state index in [1.54, 1.807) is 9.80 Å². The van der Waals surface area contributed by atoms with Crippen molar-refractivity contribution in [2.75, 3.05) is 13.2 Å². The van der Waals surface area contributed by atoms with Crippen LogP contribution in [0.4, 0.5) is 9.59 Å². The van der Waals surface area contributed by atoms with Crippen LogP contribution < -0.4 is 5.32 Å². The Bertz CT molecular complexity index is 1750. The van der Waals surface area contributed by atoms with Crippen LogP contribution in [0.1, 0.15) is 86.7 Å². The van der Waals surface area contributed by atoms with Crippen LogP contribution in [0.3, 0.4) is 0 Å². The van der Waals surface area contributed by atoms with Crippen molar-refractivity contribution in [2.24, 2.45) is 0 Å². The Morgan fingerprint density at radius 3 is 1.79 bits per heavy atom. The van der Waals surface area contributed by atoms with Gasteiger partial charge in [0.2, 0.25) is 0 Å². The average Bonchev–Trinajstić information content (AvgIpc) is 3.88. The molecule has 0 spiro atoms. The van der Waals surface area contributed by atoms with E-state index in [1.165, 1.54) is 17.0 Å². The number of aromatic nitrogens is 6. The zero-order chi connectivity index (χ0) is 41.6. The molecule has 0 aromatic carbocycles. The van der Waals surface area contributed by atoms with Crippen LogP contribution in [0.5, 0.6) is 0 Å². The molecule has 0 atom stereocenters. The number of carbonyl (C=O) groups excluding carboxylic acids is 2. The molecule has 0 radical (unpaired) electrons. The number of hydrogen-bond donors (Lipinski definition) is 2. The molecule has 2 amide bonds. The highest BCUT2D eigenvalue weighted by Gasteiger charge is 2.32. The van der Waals surface area contributed by atoms with Gasteiger partial charge < -0.3 is 24.3 Å². The number of hydrogen-bond acceptors (Lipinski definition) is 10. The summed E-state index contributed by atoms with van der Waals surface area (Å²) in [7, 11) is -2.12. The first kappa shape index (κ1) is 45.2. The van der Waals surface area contributed by atoms with Crippen LogP contribution in [-0.4, -0.2) is 92.3 Å². The number of carbonyl (C=O) groups is 2. The van der Waals surface area contributed by atoms with Gasteiger partial charge in [-0.05, 0) is 67.5 Å². The van der Waals surface area contributed by atoms with E-state index in [0.29, 0.717) is 39.6 Å². The summed E-state index contributed by atoms with van der Waals surface area (Å²) in [4.78, 5) is 27.6. The first-order chi connectivity index (χ1) is 25.9. The number of nitrogens with zero attached hydrogens (tertiary/aromatic N) is 7. The molecule has 3 aliphatic rings. The lowest BCUT2D eigenvalue weighted by atomic mass is 10.2. The largest absolute Gasteiger partial charge is 0.444 e. The Morgan fingerprint density at radius 1 is 0.714 bits per heavy atom. The van der Waals surface area contributed by atoms with E-state index in [9.17, 15) is 9.59 Å². The number of nitrogens with one attached hydrogen (secondary N) is 2. The van der Waals surface area contributed by atoms with Gasteiger partial charge in [-0.1, -0.05) is 39.3 Å². The number of H-pyrrole nitrogens is 1. The smallest absolute Gasteiger partial charge is 0.410 e. The molecule has 17 heteroatoms. The van der Waals surface area contributed by atoms with E-state index in [-0.39, 0.29) is 12.2 Å². The molecule has 0 aliphatic carbocycles. The van der Waals surface area contributed by atoms with Crippen LogP contribution in [0, 0.1) is 13.8 Å². The van der Waals surface area contributed by atoms with Gasteiger partial charge in [0, 0.05) is 76.7 Å². The molecule has 0 bridgehead atoms. The van der Waals surface area contributed by atoms with E-state index in [4.69, 9.17) is 18.9 Å². The Kier molecular flexibility index (Phi) is 14.8. The first-order valence-corrected chi connectivity index (χ1v) is 27.2. The van der Waals surface area contributed by atoms with Gasteiger partial charge in [-0.2, -0.15) is 15.3 Å². The second-order valence-electron chi connectivity index (χ2n) is 19.4. The molecule has 3 aromatic rings. The summed E-state index contributed by atoms with van der Waals surface area (Å²) in [5.74, 6) is 0. The fourth-order valence-electron chi connectivity index (χ4n) is 5.97. The predicted octanol–water partition coefficient (Wildman–Crippen LogP) is 7.52. The van der Waals surface area contributed by atoms with Gasteiger partial charge >= 0.3 is 12.2 Å². The summed E-state index contributed by atoms with van der Waals surface area (Å²) < 4.78 is 26.0. The van der Waals surface area contributed by atoms with Gasteiger partial charge in [-0.3, -0.25) is 14.9 Å². The van der Waals surface area contributed by atoms with Crippen LogP contribution >= 0.6 is 0 Å². The molecule has 15 nitrogen and oxygen atoms in total. The van der Waals surface area contributed by atoms with Crippen molar-refractivity contribution in [2.45, 2.75) is 171 Å². The number of aryl methyl sites for hydroxylation is 1. The second kappa shape index (κ2) is 18.4. The maximum Gasteiger partial charge on any atom is 0.410 e. The highest BCUT2D eigenvalue weighted by Crippen LogP contribution is 2.27. The summed E-state index contributed by atoms with van der Waals surface area (Å²) >= 11 is 0. The van der Waals surface area contributed by atoms with Crippen LogP contribution in [0.15, 0.2) is 6.20 Å². The molecule has 0 fully saturated rings. The lowest BCUT2D eigenvalue weighted by Crippen LogP contribution is -2.33. The molecule has 6 heterocycles. The van der Waals surface area contributed by atoms with Crippen LogP contribution in [0.25, 0.3) is 0 Å². The number of ether oxygens (including phenoxy) is 4. The van der Waals surface area contributed by atoms with E-state index < -0.39 is 27.3 Å². The van der Waals surface area contributed by atoms with Gasteiger partial charge in [0.15, 0.2) is 0 Å². The average molecular weight is 816 g/mol. The minimum absolute atomic E-state index is 0.280. The van der Waals surface area contributed by atoms with Crippen molar-refractivity contribution in [1.29, 1.82) is 0 Å². The molecule has 0 saturated heterocycles. The van der Waals surface area contributed by atoms with E-state index >= 15 is 0 Å². The molecule has 0 unspecified atom stereocenters. The molecule has 2 N–H and O–H groups in total. The lowest BCUT2D eigenvalue weighted by Gasteiger charge is -2.24. The predicted molar refractivity (Wildman–Crippen MR) is 222 cm³/mol. The third-order valence-corrected chi connectivity index (χ3v) is 12.6. The van der Waals surface area contributed by atoms with Crippen molar-refractivity contribution < 1.29 is 28.5 Å². The third-order valence-electron chi connectivity index (χ3n) is 9.22. The van der Waals surface area contributed by atoms with Crippen molar-refractivity contribution in [1.82, 2.24) is 44.9 Å². The summed E-state index contributed by atoms with van der Waals surface area (Å²) in [5, 5.41) is 19.4. The van der Waals surface area contributed by atoms with Crippen molar-refractivity contribution in [3.63, 3.8) is 0 Å². The molecule has 6 rings (SSSR count). The SMILES string of the molecule is CC(C)(C)OC(=O)N1Cc2cn(COCC[Si](C)(C)C)nc2C1.Cc1[nH]nc2c1CNC2.Cc1c2c(nn1COCC[Si](C)(C)C)CN(C(=O)OC(C)(C)C)C2. The summed E-state index contributed by atoms with van der Waals surface area (Å²) in [6.45, 7) is 35.9. The summed E-state index contributed by atoms with van der Waals surface area (Å²) in [6.07, 6.45) is 1.40. The Hall–Kier alpha value is -3.52. The quantitative estimate of drug-likeness (QED) is 0.155. The molecule has 56 heavy (non-hydrogen) atoms. The fraction of sp³-hybridized carbons (Fsp3) is 0.718. The van der Waals surface area contributed by atoms with Gasteiger partial charge in [-0.15, -0.1) is 0 Å². The minimum Gasteiger partial charge on any atom is -0.444 e. The lowest BCUT2D eigenvalue weighted by molar-refractivity contribution is 0.0226. The van der Waals surface area contributed by atoms with Crippen molar-refractivity contribution in [3.05, 3.63) is 51.4 Å². The Balaban J connectivity index is 0.000000203. The maximum absolute atomic E-state index is 12.2. The van der Waals surface area contributed by atoms with E-state index in [0.717, 1.165) is 66.6 Å². The van der Waals surface area contributed by atoms with Crippen LogP contribution in [-0.2, 0) is 71.7 Å². The van der Waals surface area contributed by atoms with E-state index in [2.05, 4.69) is 71.9 Å². The van der Waals surface area contributed by atoms with E-state index in [1.807, 2.05) is 64.0 Å². The van der Waals surface area contributed by atoms with Gasteiger partial charge in [0.05, 0.1) is 43.3 Å². The topological polar surface area (TPSA) is 154 Å². The minimum atomic E-state index is -1.06. The van der Waals surface area contributed by atoms with Crippen molar-refractivity contribution in [3.8, 4) is 0 Å². The highest BCUT2D eigenvalue weighted by molar-refractivity contribution is 6.76. The number of fused-ring (bicyclic) bond motifs is 3. The Morgan fingerprint density at radius 2 is 1.27 bits per heavy atom. The second-order valence-corrected chi connectivity index (χ2v) is 30.6. The van der Waals surface area contributed by atoms with Gasteiger partial charge in [0.25, 0.3) is 0 Å². The third kappa shape index (κ3) is 14.1. The van der Waals surface area contributed by atoms with Crippen LogP contribution in [0.2, 0.25) is 51.4 Å². The zero-order valence-corrected chi connectivity index (χ0v) is 38.6. The number of amides is 2. The highest BCUT2D eigenvalue weighted by atomic mass is 28.3. The molecule has 3 aromatic heterocycles. The maximum atomic E-state index is 12.2.